The van der Waals surface area contributed by atoms with Gasteiger partial charge in [-0.25, -0.2) is 0 Å². The number of hydrogen-bond acceptors (Lipinski definition) is 5. The van der Waals surface area contributed by atoms with Crippen LogP contribution in [0.5, 0.6) is 0 Å². The molecule has 2 heterocycles. The summed E-state index contributed by atoms with van der Waals surface area (Å²) in [6, 6.07) is 9.92. The van der Waals surface area contributed by atoms with Crippen molar-refractivity contribution >= 4 is 33.7 Å². The standard InChI is InChI=1S/C18H15ClN2O2S/c19-12-3-1-11(2-4-12)13-9-15(22)17-16(13)14(10-20)18(24-17)21-5-7-23-8-6-21/h1-4,13H,5-9H2. The van der Waals surface area contributed by atoms with Gasteiger partial charge in [-0.2, -0.15) is 5.26 Å². The molecule has 24 heavy (non-hydrogen) atoms. The highest BCUT2D eigenvalue weighted by Crippen LogP contribution is 2.48. The normalized spacial score (nSPS) is 20.1. The van der Waals surface area contributed by atoms with Gasteiger partial charge in [0.1, 0.15) is 11.1 Å². The Morgan fingerprint density at radius 1 is 1.25 bits per heavy atom. The summed E-state index contributed by atoms with van der Waals surface area (Å²) >= 11 is 7.44. The molecule has 0 saturated carbocycles. The minimum Gasteiger partial charge on any atom is -0.378 e. The Morgan fingerprint density at radius 3 is 2.62 bits per heavy atom. The monoisotopic (exact) mass is 358 g/mol. The largest absolute Gasteiger partial charge is 0.378 e. The van der Waals surface area contributed by atoms with E-state index in [4.69, 9.17) is 16.3 Å². The highest BCUT2D eigenvalue weighted by Gasteiger charge is 2.38. The van der Waals surface area contributed by atoms with E-state index in [2.05, 4.69) is 11.0 Å². The van der Waals surface area contributed by atoms with Crippen LogP contribution in [0.3, 0.4) is 0 Å². The Bertz CT molecular complexity index is 832. The summed E-state index contributed by atoms with van der Waals surface area (Å²) in [5, 5.41) is 11.3. The Labute approximate surface area is 149 Å². The third-order valence-electron chi connectivity index (χ3n) is 4.60. The van der Waals surface area contributed by atoms with Crippen molar-refractivity contribution in [2.24, 2.45) is 0 Å². The first-order valence-electron chi connectivity index (χ1n) is 7.87. The van der Waals surface area contributed by atoms with Crippen LogP contribution in [0.1, 0.15) is 38.7 Å². The highest BCUT2D eigenvalue weighted by molar-refractivity contribution is 7.18. The lowest BCUT2D eigenvalue weighted by Gasteiger charge is -2.28. The van der Waals surface area contributed by atoms with Crippen LogP contribution in [0, 0.1) is 11.3 Å². The molecule has 0 bridgehead atoms. The topological polar surface area (TPSA) is 53.3 Å². The molecular weight excluding hydrogens is 344 g/mol. The van der Waals surface area contributed by atoms with E-state index in [0.717, 1.165) is 34.1 Å². The molecule has 2 aromatic rings. The second kappa shape index (κ2) is 6.21. The van der Waals surface area contributed by atoms with Crippen molar-refractivity contribution in [2.45, 2.75) is 12.3 Å². The van der Waals surface area contributed by atoms with Crippen LogP contribution >= 0.6 is 22.9 Å². The quantitative estimate of drug-likeness (QED) is 0.818. The van der Waals surface area contributed by atoms with E-state index in [1.165, 1.54) is 11.3 Å². The van der Waals surface area contributed by atoms with E-state index in [1.807, 2.05) is 24.3 Å². The molecule has 0 radical (unpaired) electrons. The minimum atomic E-state index is -0.0505. The van der Waals surface area contributed by atoms with Gasteiger partial charge in [-0.3, -0.25) is 4.79 Å². The maximum Gasteiger partial charge on any atom is 0.174 e. The third kappa shape index (κ3) is 2.51. The number of morpholine rings is 1. The second-order valence-corrected chi connectivity index (χ2v) is 7.40. The van der Waals surface area contributed by atoms with Gasteiger partial charge in [0.15, 0.2) is 5.78 Å². The number of anilines is 1. The number of ether oxygens (including phenoxy) is 1. The number of carbonyl (C=O) groups excluding carboxylic acids is 1. The number of fused-ring (bicyclic) bond motifs is 1. The lowest BCUT2D eigenvalue weighted by molar-refractivity contribution is 0.0994. The van der Waals surface area contributed by atoms with Gasteiger partial charge in [-0.15, -0.1) is 11.3 Å². The lowest BCUT2D eigenvalue weighted by Crippen LogP contribution is -2.36. The highest BCUT2D eigenvalue weighted by atomic mass is 35.5. The summed E-state index contributed by atoms with van der Waals surface area (Å²) in [6.07, 6.45) is 0.431. The predicted octanol–water partition coefficient (Wildman–Crippen LogP) is 3.83. The zero-order valence-electron chi connectivity index (χ0n) is 12.9. The Morgan fingerprint density at radius 2 is 1.96 bits per heavy atom. The smallest absolute Gasteiger partial charge is 0.174 e. The average Bonchev–Trinajstić information content (AvgIpc) is 3.14. The van der Waals surface area contributed by atoms with Gasteiger partial charge in [0.2, 0.25) is 0 Å². The number of carbonyl (C=O) groups is 1. The summed E-state index contributed by atoms with van der Waals surface area (Å²) < 4.78 is 5.40. The molecule has 1 aliphatic carbocycles. The van der Waals surface area contributed by atoms with Crippen molar-refractivity contribution in [2.75, 3.05) is 31.2 Å². The van der Waals surface area contributed by atoms with Crippen LogP contribution in [0.4, 0.5) is 5.00 Å². The van der Waals surface area contributed by atoms with Crippen LogP contribution in [0.2, 0.25) is 5.02 Å². The number of nitriles is 1. The van der Waals surface area contributed by atoms with Crippen molar-refractivity contribution in [3.05, 3.63) is 50.9 Å². The fourth-order valence-electron chi connectivity index (χ4n) is 3.43. The molecule has 0 N–H and O–H groups in total. The molecule has 4 nitrogen and oxygen atoms in total. The number of nitrogens with zero attached hydrogens (tertiary/aromatic N) is 2. The number of thiophene rings is 1. The first-order chi connectivity index (χ1) is 11.7. The van der Waals surface area contributed by atoms with Gasteiger partial charge in [-0.1, -0.05) is 23.7 Å². The van der Waals surface area contributed by atoms with Gasteiger partial charge in [0.05, 0.1) is 23.7 Å². The van der Waals surface area contributed by atoms with Gasteiger partial charge in [-0.05, 0) is 17.7 Å². The SMILES string of the molecule is N#Cc1c(N2CCOCC2)sc2c1C(c1ccc(Cl)cc1)CC2=O. The molecule has 1 aromatic carbocycles. The number of halogens is 1. The average molecular weight is 359 g/mol. The molecule has 1 unspecified atom stereocenters. The fourth-order valence-corrected chi connectivity index (χ4v) is 4.87. The molecule has 0 amide bonds. The van der Waals surface area contributed by atoms with Crippen molar-refractivity contribution in [3.63, 3.8) is 0 Å². The Hall–Kier alpha value is -1.87. The predicted molar refractivity (Wildman–Crippen MR) is 94.3 cm³/mol. The van der Waals surface area contributed by atoms with Crippen LogP contribution in [-0.2, 0) is 4.74 Å². The number of benzene rings is 1. The number of Topliss-reactive ketones (excluding diaryl/α,β-unsaturated/α-hetero) is 1. The van der Waals surface area contributed by atoms with Crippen LogP contribution in [0.25, 0.3) is 0 Å². The zero-order chi connectivity index (χ0) is 16.7. The number of ketones is 1. The summed E-state index contributed by atoms with van der Waals surface area (Å²) in [7, 11) is 0. The fraction of sp³-hybridized carbons (Fsp3) is 0.333. The van der Waals surface area contributed by atoms with E-state index >= 15 is 0 Å². The summed E-state index contributed by atoms with van der Waals surface area (Å²) in [6.45, 7) is 2.83. The second-order valence-electron chi connectivity index (χ2n) is 5.97. The van der Waals surface area contributed by atoms with E-state index in [9.17, 15) is 10.1 Å². The van der Waals surface area contributed by atoms with Crippen LogP contribution in [-0.4, -0.2) is 32.1 Å². The van der Waals surface area contributed by atoms with Gasteiger partial charge in [0.25, 0.3) is 0 Å². The van der Waals surface area contributed by atoms with Crippen molar-refractivity contribution in [1.82, 2.24) is 0 Å². The molecule has 4 rings (SSSR count). The van der Waals surface area contributed by atoms with Gasteiger partial charge in [0, 0.05) is 36.0 Å². The van der Waals surface area contributed by atoms with Crippen molar-refractivity contribution in [1.29, 1.82) is 5.26 Å². The van der Waals surface area contributed by atoms with E-state index in [1.54, 1.807) is 0 Å². The summed E-state index contributed by atoms with van der Waals surface area (Å²) in [5.74, 6) is 0.0800. The minimum absolute atomic E-state index is 0.0505. The van der Waals surface area contributed by atoms with Crippen molar-refractivity contribution < 1.29 is 9.53 Å². The molecular formula is C18H15ClN2O2S. The maximum atomic E-state index is 12.5. The molecule has 6 heteroatoms. The van der Waals surface area contributed by atoms with Gasteiger partial charge >= 0.3 is 0 Å². The molecule has 1 aromatic heterocycles. The lowest BCUT2D eigenvalue weighted by atomic mass is 9.92. The third-order valence-corrected chi connectivity index (χ3v) is 6.16. The maximum absolute atomic E-state index is 12.5. The molecule has 1 aliphatic heterocycles. The Balaban J connectivity index is 1.80. The molecule has 1 atom stereocenters. The van der Waals surface area contributed by atoms with Crippen LogP contribution in [0.15, 0.2) is 24.3 Å². The molecule has 1 saturated heterocycles. The van der Waals surface area contributed by atoms with Gasteiger partial charge < -0.3 is 9.64 Å². The first-order valence-corrected chi connectivity index (χ1v) is 9.06. The van der Waals surface area contributed by atoms with Crippen LogP contribution < -0.4 is 4.90 Å². The molecule has 122 valence electrons. The molecule has 2 aliphatic rings. The van der Waals surface area contributed by atoms with E-state index in [-0.39, 0.29) is 11.7 Å². The molecule has 0 spiro atoms. The summed E-state index contributed by atoms with van der Waals surface area (Å²) in [4.78, 5) is 15.4. The zero-order valence-corrected chi connectivity index (χ0v) is 14.5. The van der Waals surface area contributed by atoms with Crippen molar-refractivity contribution in [3.8, 4) is 6.07 Å². The van der Waals surface area contributed by atoms with E-state index < -0.39 is 0 Å². The number of hydrogen-bond donors (Lipinski definition) is 0. The first kappa shape index (κ1) is 15.6. The Kier molecular flexibility index (Phi) is 4.05. The van der Waals surface area contributed by atoms with E-state index in [0.29, 0.717) is 30.2 Å². The summed E-state index contributed by atoms with van der Waals surface area (Å²) in [5.41, 5.74) is 2.59. The molecule has 1 fully saturated rings. The number of rotatable bonds is 2.